The lowest BCUT2D eigenvalue weighted by Crippen LogP contribution is -2.65. The van der Waals surface area contributed by atoms with Crippen molar-refractivity contribution in [3.05, 3.63) is 69.4 Å². The number of nitrogens with one attached hydrogen (secondary N) is 1. The van der Waals surface area contributed by atoms with Crippen LogP contribution in [0, 0.1) is 11.7 Å². The van der Waals surface area contributed by atoms with Crippen molar-refractivity contribution in [3.8, 4) is 5.75 Å². The molecule has 2 unspecified atom stereocenters. The van der Waals surface area contributed by atoms with E-state index < -0.39 is 5.82 Å². The van der Waals surface area contributed by atoms with E-state index in [1.54, 1.807) is 29.2 Å². The normalized spacial score (nSPS) is 22.7. The Morgan fingerprint density at radius 2 is 1.72 bits per heavy atom. The maximum atomic E-state index is 15.0. The van der Waals surface area contributed by atoms with Gasteiger partial charge < -0.3 is 14.5 Å². The minimum absolute atomic E-state index is 0.00588. The van der Waals surface area contributed by atoms with E-state index >= 15 is 4.39 Å². The lowest BCUT2D eigenvalue weighted by atomic mass is 9.89. The summed E-state index contributed by atoms with van der Waals surface area (Å²) in [5.74, 6) is 0.169. The van der Waals surface area contributed by atoms with Gasteiger partial charge in [0.05, 0.1) is 22.7 Å². The second-order valence-electron chi connectivity index (χ2n) is 11.5. The van der Waals surface area contributed by atoms with Gasteiger partial charge in [0, 0.05) is 42.9 Å². The number of halogens is 1. The Kier molecular flexibility index (Phi) is 5.90. The molecular formula is C30H31FN4O4. The van der Waals surface area contributed by atoms with E-state index in [0.717, 1.165) is 50.5 Å². The van der Waals surface area contributed by atoms with Crippen molar-refractivity contribution in [2.75, 3.05) is 13.1 Å². The molecule has 3 aliphatic heterocycles. The van der Waals surface area contributed by atoms with Crippen molar-refractivity contribution in [1.29, 1.82) is 0 Å². The molecule has 9 heteroatoms. The largest absolute Gasteiger partial charge is 0.490 e. The van der Waals surface area contributed by atoms with E-state index in [1.165, 1.54) is 6.07 Å². The molecule has 5 fully saturated rings. The number of H-pyrrole nitrogens is 1. The fourth-order valence-electron chi connectivity index (χ4n) is 6.19. The molecular weight excluding hydrogens is 499 g/mol. The van der Waals surface area contributed by atoms with Gasteiger partial charge in [-0.15, -0.1) is 0 Å². The van der Waals surface area contributed by atoms with E-state index in [1.807, 2.05) is 11.0 Å². The molecule has 1 N–H and O–H groups in total. The summed E-state index contributed by atoms with van der Waals surface area (Å²) in [5.41, 5.74) is 1.09. The van der Waals surface area contributed by atoms with E-state index in [0.29, 0.717) is 41.7 Å². The summed E-state index contributed by atoms with van der Waals surface area (Å²) >= 11 is 0. The number of amides is 2. The van der Waals surface area contributed by atoms with Gasteiger partial charge in [-0.3, -0.25) is 14.4 Å². The molecule has 4 heterocycles. The van der Waals surface area contributed by atoms with E-state index in [9.17, 15) is 14.4 Å². The van der Waals surface area contributed by atoms with Crippen molar-refractivity contribution in [2.24, 2.45) is 5.92 Å². The monoisotopic (exact) mass is 530 g/mol. The molecule has 2 amide bonds. The molecule has 3 saturated heterocycles. The summed E-state index contributed by atoms with van der Waals surface area (Å²) in [6, 6.07) is 9.89. The number of piperidine rings is 2. The molecule has 8 nitrogen and oxygen atoms in total. The fraction of sp³-hybridized carbons (Fsp3) is 0.467. The molecule has 202 valence electrons. The number of nitrogens with zero attached hydrogens (tertiary/aromatic N) is 3. The number of ether oxygens (including phenoxy) is 1. The Balaban J connectivity index is 1.14. The average Bonchev–Trinajstić information content (AvgIpc) is 3.78. The molecule has 39 heavy (non-hydrogen) atoms. The Hall–Kier alpha value is -3.75. The summed E-state index contributed by atoms with van der Waals surface area (Å²) in [7, 11) is 0. The SMILES string of the molecule is O=C(c1cc(Cc2n[nH]c(=O)c3ccc(OC4CCC4)cc23)ccc1F)N1CC2CCC1CN2C(=O)C1CC1. The van der Waals surface area contributed by atoms with Crippen LogP contribution in [-0.4, -0.2) is 63.1 Å². The predicted molar refractivity (Wildman–Crippen MR) is 142 cm³/mol. The number of carbonyl (C=O) groups excluding carboxylic acids is 2. The number of aromatic amines is 1. The highest BCUT2D eigenvalue weighted by molar-refractivity contribution is 5.95. The number of hydrogen-bond donors (Lipinski definition) is 1. The summed E-state index contributed by atoms with van der Waals surface area (Å²) < 4.78 is 21.0. The smallest absolute Gasteiger partial charge is 0.272 e. The Morgan fingerprint density at radius 3 is 2.41 bits per heavy atom. The summed E-state index contributed by atoms with van der Waals surface area (Å²) in [5, 5.41) is 8.05. The highest BCUT2D eigenvalue weighted by Crippen LogP contribution is 2.37. The van der Waals surface area contributed by atoms with Crippen molar-refractivity contribution < 1.29 is 18.7 Å². The van der Waals surface area contributed by atoms with E-state index in [-0.39, 0.29) is 47.0 Å². The molecule has 2 bridgehead atoms. The molecule has 2 aliphatic carbocycles. The zero-order valence-corrected chi connectivity index (χ0v) is 21.7. The van der Waals surface area contributed by atoms with Gasteiger partial charge in [0.2, 0.25) is 5.91 Å². The molecule has 3 aromatic rings. The topological polar surface area (TPSA) is 95.6 Å². The third kappa shape index (κ3) is 4.47. The molecule has 2 saturated carbocycles. The Bertz CT molecular complexity index is 1530. The third-order valence-electron chi connectivity index (χ3n) is 8.83. The van der Waals surface area contributed by atoms with E-state index in [2.05, 4.69) is 10.2 Å². The second kappa shape index (κ2) is 9.47. The van der Waals surface area contributed by atoms with Gasteiger partial charge in [0.15, 0.2) is 0 Å². The molecule has 2 atom stereocenters. The van der Waals surface area contributed by atoms with Gasteiger partial charge in [-0.2, -0.15) is 5.10 Å². The third-order valence-corrected chi connectivity index (χ3v) is 8.83. The van der Waals surface area contributed by atoms with Crippen LogP contribution in [0.25, 0.3) is 10.8 Å². The van der Waals surface area contributed by atoms with Crippen LogP contribution in [0.4, 0.5) is 4.39 Å². The summed E-state index contributed by atoms with van der Waals surface area (Å²) in [4.78, 5) is 42.4. The van der Waals surface area contributed by atoms with Gasteiger partial charge in [-0.25, -0.2) is 9.49 Å². The molecule has 1 aromatic heterocycles. The molecule has 8 rings (SSSR count). The van der Waals surface area contributed by atoms with Gasteiger partial charge in [-0.1, -0.05) is 6.07 Å². The summed E-state index contributed by atoms with van der Waals surface area (Å²) in [6.07, 6.45) is 7.36. The zero-order chi connectivity index (χ0) is 26.7. The first-order valence-corrected chi connectivity index (χ1v) is 14.0. The second-order valence-corrected chi connectivity index (χ2v) is 11.5. The highest BCUT2D eigenvalue weighted by Gasteiger charge is 2.46. The Labute approximate surface area is 225 Å². The zero-order valence-electron chi connectivity index (χ0n) is 21.7. The number of hydrogen-bond acceptors (Lipinski definition) is 5. The number of benzene rings is 2. The average molecular weight is 531 g/mol. The van der Waals surface area contributed by atoms with E-state index in [4.69, 9.17) is 4.74 Å². The first-order chi connectivity index (χ1) is 18.9. The standard InChI is InChI=1S/C30H31FN4O4/c31-26-11-4-17(13-27-24-14-22(39-21-2-1-3-21)9-10-23(24)28(36)33-32-27)12-25(26)30(38)35-16-19-7-8-20(35)15-34(19)29(37)18-5-6-18/h4,9-12,14,18-21H,1-3,5-8,13,15-16H2,(H,33,36). The first-order valence-electron chi connectivity index (χ1n) is 14.0. The van der Waals surface area contributed by atoms with Crippen LogP contribution in [0.2, 0.25) is 0 Å². The highest BCUT2D eigenvalue weighted by atomic mass is 19.1. The van der Waals surface area contributed by atoms with Gasteiger partial charge >= 0.3 is 0 Å². The number of aromatic nitrogens is 2. The minimum atomic E-state index is -0.563. The van der Waals surface area contributed by atoms with Gasteiger partial charge in [0.1, 0.15) is 11.6 Å². The van der Waals surface area contributed by atoms with Crippen molar-refractivity contribution in [1.82, 2.24) is 20.0 Å². The van der Waals surface area contributed by atoms with Crippen LogP contribution in [0.1, 0.15) is 66.6 Å². The number of carbonyl (C=O) groups is 2. The summed E-state index contributed by atoms with van der Waals surface area (Å²) in [6.45, 7) is 0.979. The number of piperazine rings is 1. The number of fused-ring (bicyclic) bond motifs is 4. The predicted octanol–water partition coefficient (Wildman–Crippen LogP) is 3.81. The van der Waals surface area contributed by atoms with Crippen molar-refractivity contribution in [3.63, 3.8) is 0 Å². The van der Waals surface area contributed by atoms with Crippen LogP contribution in [0.15, 0.2) is 41.2 Å². The maximum absolute atomic E-state index is 15.0. The lowest BCUT2D eigenvalue weighted by molar-refractivity contribution is -0.141. The van der Waals surface area contributed by atoms with Crippen LogP contribution < -0.4 is 10.3 Å². The lowest BCUT2D eigenvalue weighted by Gasteiger charge is -2.51. The maximum Gasteiger partial charge on any atom is 0.272 e. The molecule has 2 aromatic carbocycles. The van der Waals surface area contributed by atoms with Crippen LogP contribution in [0.5, 0.6) is 5.75 Å². The minimum Gasteiger partial charge on any atom is -0.490 e. The van der Waals surface area contributed by atoms with Crippen molar-refractivity contribution in [2.45, 2.75) is 69.6 Å². The van der Waals surface area contributed by atoms with Crippen LogP contribution in [-0.2, 0) is 11.2 Å². The van der Waals surface area contributed by atoms with Gasteiger partial charge in [-0.05, 0) is 80.8 Å². The fourth-order valence-corrected chi connectivity index (χ4v) is 6.19. The van der Waals surface area contributed by atoms with Crippen molar-refractivity contribution >= 4 is 22.6 Å². The molecule has 0 spiro atoms. The Morgan fingerprint density at radius 1 is 0.949 bits per heavy atom. The molecule has 0 radical (unpaired) electrons. The molecule has 5 aliphatic rings. The first kappa shape index (κ1) is 24.3. The number of rotatable bonds is 6. The van der Waals surface area contributed by atoms with Crippen LogP contribution >= 0.6 is 0 Å². The van der Waals surface area contributed by atoms with Crippen LogP contribution in [0.3, 0.4) is 0 Å². The quantitative estimate of drug-likeness (QED) is 0.523. The van der Waals surface area contributed by atoms with Gasteiger partial charge in [0.25, 0.3) is 11.5 Å².